The number of fused-ring (bicyclic) bond motifs is 2. The molecule has 0 aromatic carbocycles. The molecule has 0 aromatic rings. The Morgan fingerprint density at radius 3 is 1.90 bits per heavy atom. The van der Waals surface area contributed by atoms with Crippen molar-refractivity contribution in [3.63, 3.8) is 0 Å². The number of nitrogens with one attached hydrogen (secondary N) is 1. The van der Waals surface area contributed by atoms with Crippen molar-refractivity contribution in [3.8, 4) is 0 Å². The van der Waals surface area contributed by atoms with E-state index in [4.69, 9.17) is 0 Å². The van der Waals surface area contributed by atoms with Crippen molar-refractivity contribution in [1.29, 1.82) is 0 Å². The SMILES string of the molecule is C1CCC(N2CCN(C3[C@@H]4CCC[C@H]3CNC4)CC2)CC1. The summed E-state index contributed by atoms with van der Waals surface area (Å²) < 4.78 is 0. The second kappa shape index (κ2) is 6.55. The molecule has 4 aliphatic rings. The lowest BCUT2D eigenvalue weighted by Crippen LogP contribution is -2.61. The van der Waals surface area contributed by atoms with Gasteiger partial charge in [-0.15, -0.1) is 0 Å². The van der Waals surface area contributed by atoms with Crippen molar-refractivity contribution in [3.05, 3.63) is 0 Å². The van der Waals surface area contributed by atoms with E-state index in [1.807, 2.05) is 0 Å². The standard InChI is InChI=1S/C18H33N3/c1-2-7-17(8-3-1)20-9-11-21(12-10-20)18-15-5-4-6-16(18)14-19-13-15/h15-19H,1-14H2/t15-,16+,18?. The fourth-order valence-corrected chi connectivity index (χ4v) is 5.71. The minimum atomic E-state index is 0.911. The highest BCUT2D eigenvalue weighted by Crippen LogP contribution is 2.36. The van der Waals surface area contributed by atoms with Crippen LogP contribution < -0.4 is 5.32 Å². The van der Waals surface area contributed by atoms with Crippen molar-refractivity contribution < 1.29 is 0 Å². The van der Waals surface area contributed by atoms with Crippen LogP contribution in [-0.4, -0.2) is 61.2 Å². The molecule has 4 rings (SSSR count). The molecule has 2 heterocycles. The summed E-state index contributed by atoms with van der Waals surface area (Å²) in [5.41, 5.74) is 0. The van der Waals surface area contributed by atoms with Crippen LogP contribution in [0.15, 0.2) is 0 Å². The molecular weight excluding hydrogens is 258 g/mol. The summed E-state index contributed by atoms with van der Waals surface area (Å²) in [7, 11) is 0. The van der Waals surface area contributed by atoms with E-state index in [2.05, 4.69) is 15.1 Å². The Kier molecular flexibility index (Phi) is 4.52. The van der Waals surface area contributed by atoms with E-state index in [1.165, 1.54) is 90.6 Å². The van der Waals surface area contributed by atoms with Gasteiger partial charge in [-0.1, -0.05) is 25.7 Å². The van der Waals surface area contributed by atoms with Crippen molar-refractivity contribution >= 4 is 0 Å². The number of hydrogen-bond donors (Lipinski definition) is 1. The second-order valence-corrected chi connectivity index (χ2v) is 7.96. The summed E-state index contributed by atoms with van der Waals surface area (Å²) in [5, 5.41) is 3.68. The van der Waals surface area contributed by atoms with Crippen molar-refractivity contribution in [1.82, 2.24) is 15.1 Å². The van der Waals surface area contributed by atoms with Gasteiger partial charge in [0.05, 0.1) is 0 Å². The third-order valence-electron chi connectivity index (χ3n) is 6.79. The van der Waals surface area contributed by atoms with Gasteiger partial charge in [0.2, 0.25) is 0 Å². The van der Waals surface area contributed by atoms with Crippen LogP contribution in [0.1, 0.15) is 51.4 Å². The lowest BCUT2D eigenvalue weighted by atomic mass is 9.73. The minimum Gasteiger partial charge on any atom is -0.316 e. The Bertz CT molecular complexity index is 309. The molecule has 3 atom stereocenters. The summed E-state index contributed by atoms with van der Waals surface area (Å²) in [5.74, 6) is 1.89. The highest BCUT2D eigenvalue weighted by molar-refractivity contribution is 4.96. The number of hydrogen-bond acceptors (Lipinski definition) is 3. The second-order valence-electron chi connectivity index (χ2n) is 7.96. The third-order valence-corrected chi connectivity index (χ3v) is 6.79. The van der Waals surface area contributed by atoms with Crippen LogP contribution in [0.25, 0.3) is 0 Å². The molecule has 120 valence electrons. The molecule has 0 spiro atoms. The number of nitrogens with zero attached hydrogens (tertiary/aromatic N) is 2. The third kappa shape index (κ3) is 3.02. The molecule has 4 fully saturated rings. The highest BCUT2D eigenvalue weighted by atomic mass is 15.3. The normalized spacial score (nSPS) is 40.3. The van der Waals surface area contributed by atoms with Gasteiger partial charge in [0.1, 0.15) is 0 Å². The molecule has 3 nitrogen and oxygen atoms in total. The highest BCUT2D eigenvalue weighted by Gasteiger charge is 2.40. The van der Waals surface area contributed by atoms with E-state index < -0.39 is 0 Å². The zero-order chi connectivity index (χ0) is 14.1. The molecule has 2 aliphatic heterocycles. The number of piperidine rings is 1. The molecular formula is C18H33N3. The van der Waals surface area contributed by atoms with Crippen LogP contribution in [0.5, 0.6) is 0 Å². The van der Waals surface area contributed by atoms with Crippen molar-refractivity contribution in [2.24, 2.45) is 11.8 Å². The smallest absolute Gasteiger partial charge is 0.0177 e. The average Bonchev–Trinajstić information content (AvgIpc) is 2.55. The Balaban J connectivity index is 1.34. The molecule has 0 aromatic heterocycles. The average molecular weight is 291 g/mol. The molecule has 0 amide bonds. The fourth-order valence-electron chi connectivity index (χ4n) is 5.71. The topological polar surface area (TPSA) is 18.5 Å². The van der Waals surface area contributed by atoms with Gasteiger partial charge in [-0.05, 0) is 50.6 Å². The first kappa shape index (κ1) is 14.5. The lowest BCUT2D eigenvalue weighted by molar-refractivity contribution is -0.0111. The zero-order valence-corrected chi connectivity index (χ0v) is 13.6. The van der Waals surface area contributed by atoms with Gasteiger partial charge in [0.25, 0.3) is 0 Å². The number of piperazine rings is 1. The molecule has 1 N–H and O–H groups in total. The molecule has 0 radical (unpaired) electrons. The Morgan fingerprint density at radius 2 is 1.24 bits per heavy atom. The van der Waals surface area contributed by atoms with Gasteiger partial charge >= 0.3 is 0 Å². The van der Waals surface area contributed by atoms with E-state index in [9.17, 15) is 0 Å². The van der Waals surface area contributed by atoms with Crippen LogP contribution in [0.2, 0.25) is 0 Å². The van der Waals surface area contributed by atoms with Gasteiger partial charge in [-0.25, -0.2) is 0 Å². The maximum absolute atomic E-state index is 3.68. The fraction of sp³-hybridized carbons (Fsp3) is 1.00. The molecule has 2 saturated carbocycles. The zero-order valence-electron chi connectivity index (χ0n) is 13.6. The molecule has 2 aliphatic carbocycles. The first-order valence-electron chi connectivity index (χ1n) is 9.60. The van der Waals surface area contributed by atoms with E-state index in [0.29, 0.717) is 0 Å². The molecule has 21 heavy (non-hydrogen) atoms. The first-order valence-corrected chi connectivity index (χ1v) is 9.60. The Hall–Kier alpha value is -0.120. The monoisotopic (exact) mass is 291 g/mol. The van der Waals surface area contributed by atoms with E-state index in [-0.39, 0.29) is 0 Å². The maximum Gasteiger partial charge on any atom is 0.0177 e. The summed E-state index contributed by atoms with van der Waals surface area (Å²) in [6.45, 7) is 7.93. The minimum absolute atomic E-state index is 0.911. The van der Waals surface area contributed by atoms with Crippen LogP contribution in [0.4, 0.5) is 0 Å². The summed E-state index contributed by atoms with van der Waals surface area (Å²) >= 11 is 0. The van der Waals surface area contributed by atoms with Crippen LogP contribution in [-0.2, 0) is 0 Å². The summed E-state index contributed by atoms with van der Waals surface area (Å²) in [6, 6.07) is 1.84. The van der Waals surface area contributed by atoms with Crippen LogP contribution in [0, 0.1) is 11.8 Å². The van der Waals surface area contributed by atoms with Gasteiger partial charge in [-0.2, -0.15) is 0 Å². The van der Waals surface area contributed by atoms with E-state index in [0.717, 1.165) is 23.9 Å². The molecule has 2 bridgehead atoms. The Labute approximate surface area is 130 Å². The van der Waals surface area contributed by atoms with E-state index >= 15 is 0 Å². The molecule has 2 saturated heterocycles. The van der Waals surface area contributed by atoms with Gasteiger partial charge < -0.3 is 5.32 Å². The van der Waals surface area contributed by atoms with Crippen LogP contribution >= 0.6 is 0 Å². The largest absolute Gasteiger partial charge is 0.316 e. The predicted octanol–water partition coefficient (Wildman–Crippen LogP) is 2.32. The van der Waals surface area contributed by atoms with Gasteiger partial charge in [-0.3, -0.25) is 9.80 Å². The predicted molar refractivity (Wildman–Crippen MR) is 87.5 cm³/mol. The summed E-state index contributed by atoms with van der Waals surface area (Å²) in [6.07, 6.45) is 11.8. The first-order chi connectivity index (χ1) is 10.4. The van der Waals surface area contributed by atoms with Crippen LogP contribution in [0.3, 0.4) is 0 Å². The number of rotatable bonds is 2. The van der Waals surface area contributed by atoms with Gasteiger partial charge in [0.15, 0.2) is 0 Å². The Morgan fingerprint density at radius 1 is 0.619 bits per heavy atom. The quantitative estimate of drug-likeness (QED) is 0.842. The van der Waals surface area contributed by atoms with Crippen molar-refractivity contribution in [2.45, 2.75) is 63.5 Å². The van der Waals surface area contributed by atoms with E-state index in [1.54, 1.807) is 0 Å². The lowest BCUT2D eigenvalue weighted by Gasteiger charge is -2.51. The summed E-state index contributed by atoms with van der Waals surface area (Å²) in [4.78, 5) is 5.71. The van der Waals surface area contributed by atoms with Gasteiger partial charge in [0, 0.05) is 38.3 Å². The molecule has 3 heteroatoms. The maximum atomic E-state index is 3.68. The van der Waals surface area contributed by atoms with Crippen molar-refractivity contribution in [2.75, 3.05) is 39.3 Å². The molecule has 1 unspecified atom stereocenters.